The van der Waals surface area contributed by atoms with Gasteiger partial charge in [-0.1, -0.05) is 20.8 Å². The zero-order valence-corrected chi connectivity index (χ0v) is 12.5. The highest BCUT2D eigenvalue weighted by Crippen LogP contribution is 2.17. The van der Waals surface area contributed by atoms with Gasteiger partial charge in [-0.05, 0) is 25.5 Å². The third-order valence-corrected chi connectivity index (χ3v) is 2.58. The third kappa shape index (κ3) is 6.55. The Bertz CT molecular complexity index is 367. The van der Waals surface area contributed by atoms with Gasteiger partial charge >= 0.3 is 0 Å². The minimum atomic E-state index is 0.433. The zero-order chi connectivity index (χ0) is 14.1. The van der Waals surface area contributed by atoms with Crippen LogP contribution in [0.4, 0.5) is 0 Å². The Morgan fingerprint density at radius 2 is 2.00 bits per heavy atom. The zero-order valence-electron chi connectivity index (χ0n) is 12.5. The standard InChI is InChI=1S/C15H26N2O2/c1-5-8-18-9-10-19-15-7-6-13(4)17-14(15)11-16-12(2)3/h6-7,12,16H,5,8-11H2,1-4H3. The van der Waals surface area contributed by atoms with E-state index < -0.39 is 0 Å². The van der Waals surface area contributed by atoms with Gasteiger partial charge in [0.2, 0.25) is 0 Å². The molecule has 0 aliphatic heterocycles. The number of aromatic nitrogens is 1. The van der Waals surface area contributed by atoms with Gasteiger partial charge in [0.25, 0.3) is 0 Å². The van der Waals surface area contributed by atoms with E-state index >= 15 is 0 Å². The van der Waals surface area contributed by atoms with Crippen LogP contribution < -0.4 is 10.1 Å². The van der Waals surface area contributed by atoms with Crippen molar-refractivity contribution >= 4 is 0 Å². The first-order chi connectivity index (χ1) is 9.13. The van der Waals surface area contributed by atoms with Crippen LogP contribution >= 0.6 is 0 Å². The molecule has 0 saturated heterocycles. The van der Waals surface area contributed by atoms with E-state index in [9.17, 15) is 0 Å². The van der Waals surface area contributed by atoms with E-state index in [4.69, 9.17) is 9.47 Å². The predicted octanol–water partition coefficient (Wildman–Crippen LogP) is 2.69. The van der Waals surface area contributed by atoms with Crippen molar-refractivity contribution in [2.24, 2.45) is 0 Å². The van der Waals surface area contributed by atoms with Gasteiger partial charge in [-0.25, -0.2) is 0 Å². The lowest BCUT2D eigenvalue weighted by atomic mass is 10.2. The second kappa shape index (κ2) is 8.88. The molecule has 108 valence electrons. The van der Waals surface area contributed by atoms with Gasteiger partial charge in [-0.3, -0.25) is 4.98 Å². The Morgan fingerprint density at radius 1 is 1.21 bits per heavy atom. The van der Waals surface area contributed by atoms with Crippen molar-refractivity contribution in [1.29, 1.82) is 0 Å². The van der Waals surface area contributed by atoms with Crippen molar-refractivity contribution < 1.29 is 9.47 Å². The number of nitrogens with zero attached hydrogens (tertiary/aromatic N) is 1. The predicted molar refractivity (Wildman–Crippen MR) is 77.6 cm³/mol. The average Bonchev–Trinajstić information content (AvgIpc) is 2.38. The van der Waals surface area contributed by atoms with Gasteiger partial charge in [0.1, 0.15) is 12.4 Å². The molecule has 1 rings (SSSR count). The molecule has 0 fully saturated rings. The summed E-state index contributed by atoms with van der Waals surface area (Å²) < 4.78 is 11.1. The van der Waals surface area contributed by atoms with Gasteiger partial charge in [0, 0.05) is 24.9 Å². The summed E-state index contributed by atoms with van der Waals surface area (Å²) in [4.78, 5) is 4.53. The van der Waals surface area contributed by atoms with Crippen LogP contribution in [0.5, 0.6) is 5.75 Å². The highest BCUT2D eigenvalue weighted by atomic mass is 16.5. The van der Waals surface area contributed by atoms with Gasteiger partial charge < -0.3 is 14.8 Å². The molecular weight excluding hydrogens is 240 g/mol. The lowest BCUT2D eigenvalue weighted by Crippen LogP contribution is -2.23. The van der Waals surface area contributed by atoms with Crippen LogP contribution in [0, 0.1) is 6.92 Å². The minimum Gasteiger partial charge on any atom is -0.489 e. The Labute approximate surface area is 116 Å². The average molecular weight is 266 g/mol. The highest BCUT2D eigenvalue weighted by Gasteiger charge is 2.06. The topological polar surface area (TPSA) is 43.4 Å². The highest BCUT2D eigenvalue weighted by molar-refractivity contribution is 5.29. The second-order valence-electron chi connectivity index (χ2n) is 4.89. The largest absolute Gasteiger partial charge is 0.489 e. The first kappa shape index (κ1) is 15.9. The molecule has 0 saturated carbocycles. The molecule has 1 aromatic heterocycles. The van der Waals surface area contributed by atoms with E-state index in [0.29, 0.717) is 19.3 Å². The van der Waals surface area contributed by atoms with Crippen molar-refractivity contribution in [3.8, 4) is 5.75 Å². The van der Waals surface area contributed by atoms with Crippen molar-refractivity contribution in [2.45, 2.75) is 46.7 Å². The summed E-state index contributed by atoms with van der Waals surface area (Å²) in [6, 6.07) is 4.39. The number of aryl methyl sites for hydroxylation is 1. The molecule has 4 heteroatoms. The molecule has 1 N–H and O–H groups in total. The van der Waals surface area contributed by atoms with Crippen molar-refractivity contribution in [1.82, 2.24) is 10.3 Å². The first-order valence-corrected chi connectivity index (χ1v) is 7.04. The monoisotopic (exact) mass is 266 g/mol. The Kier molecular flexibility index (Phi) is 7.45. The van der Waals surface area contributed by atoms with Crippen LogP contribution in [0.25, 0.3) is 0 Å². The van der Waals surface area contributed by atoms with Crippen molar-refractivity contribution in [3.05, 3.63) is 23.5 Å². The Morgan fingerprint density at radius 3 is 2.68 bits per heavy atom. The molecule has 0 amide bonds. The molecule has 4 nitrogen and oxygen atoms in total. The van der Waals surface area contributed by atoms with Gasteiger partial charge in [-0.2, -0.15) is 0 Å². The Balaban J connectivity index is 2.50. The lowest BCUT2D eigenvalue weighted by molar-refractivity contribution is 0.100. The molecule has 0 aliphatic rings. The van der Waals surface area contributed by atoms with Crippen LogP contribution in [0.3, 0.4) is 0 Å². The van der Waals surface area contributed by atoms with Crippen LogP contribution in [0.2, 0.25) is 0 Å². The van der Waals surface area contributed by atoms with Gasteiger partial charge in [0.05, 0.1) is 12.3 Å². The number of hydrogen-bond acceptors (Lipinski definition) is 4. The molecule has 0 aromatic carbocycles. The third-order valence-electron chi connectivity index (χ3n) is 2.58. The Hall–Kier alpha value is -1.13. The first-order valence-electron chi connectivity index (χ1n) is 7.04. The van der Waals surface area contributed by atoms with Crippen molar-refractivity contribution in [3.63, 3.8) is 0 Å². The number of pyridine rings is 1. The molecule has 1 heterocycles. The minimum absolute atomic E-state index is 0.433. The number of nitrogens with one attached hydrogen (secondary N) is 1. The van der Waals surface area contributed by atoms with Crippen LogP contribution in [0.15, 0.2) is 12.1 Å². The molecule has 0 spiro atoms. The fraction of sp³-hybridized carbons (Fsp3) is 0.667. The summed E-state index contributed by atoms with van der Waals surface area (Å²) in [6.45, 7) is 11.0. The van der Waals surface area contributed by atoms with E-state index in [1.165, 1.54) is 0 Å². The van der Waals surface area contributed by atoms with Gasteiger partial charge in [0.15, 0.2) is 0 Å². The fourth-order valence-electron chi connectivity index (χ4n) is 1.61. The maximum absolute atomic E-state index is 5.74. The summed E-state index contributed by atoms with van der Waals surface area (Å²) in [5.41, 5.74) is 1.97. The number of hydrogen-bond donors (Lipinski definition) is 1. The molecule has 0 aliphatic carbocycles. The van der Waals surface area contributed by atoms with Crippen LogP contribution in [-0.4, -0.2) is 30.8 Å². The number of rotatable bonds is 9. The second-order valence-corrected chi connectivity index (χ2v) is 4.89. The molecule has 19 heavy (non-hydrogen) atoms. The summed E-state index contributed by atoms with van der Waals surface area (Å²) in [6.07, 6.45) is 1.04. The van der Waals surface area contributed by atoms with Crippen LogP contribution in [0.1, 0.15) is 38.6 Å². The van der Waals surface area contributed by atoms with E-state index in [2.05, 4.69) is 31.1 Å². The molecule has 1 aromatic rings. The summed E-state index contributed by atoms with van der Waals surface area (Å²) in [5, 5.41) is 3.37. The van der Waals surface area contributed by atoms with Crippen molar-refractivity contribution in [2.75, 3.05) is 19.8 Å². The van der Waals surface area contributed by atoms with E-state index in [-0.39, 0.29) is 0 Å². The molecular formula is C15H26N2O2. The van der Waals surface area contributed by atoms with E-state index in [1.807, 2.05) is 19.1 Å². The lowest BCUT2D eigenvalue weighted by Gasteiger charge is -2.13. The maximum atomic E-state index is 5.74. The summed E-state index contributed by atoms with van der Waals surface area (Å²) >= 11 is 0. The summed E-state index contributed by atoms with van der Waals surface area (Å²) in [5.74, 6) is 0.846. The molecule has 0 bridgehead atoms. The molecule has 0 radical (unpaired) electrons. The number of ether oxygens (including phenoxy) is 2. The van der Waals surface area contributed by atoms with E-state index in [0.717, 1.165) is 36.7 Å². The molecule has 0 unspecified atom stereocenters. The van der Waals surface area contributed by atoms with E-state index in [1.54, 1.807) is 0 Å². The SMILES string of the molecule is CCCOCCOc1ccc(C)nc1CNC(C)C. The normalized spacial score (nSPS) is 11.0. The molecule has 0 atom stereocenters. The maximum Gasteiger partial charge on any atom is 0.142 e. The summed E-state index contributed by atoms with van der Waals surface area (Å²) in [7, 11) is 0. The van der Waals surface area contributed by atoms with Crippen LogP contribution in [-0.2, 0) is 11.3 Å². The fourth-order valence-corrected chi connectivity index (χ4v) is 1.61. The quantitative estimate of drug-likeness (QED) is 0.698. The van der Waals surface area contributed by atoms with Gasteiger partial charge in [-0.15, -0.1) is 0 Å². The smallest absolute Gasteiger partial charge is 0.142 e.